The Labute approximate surface area is 410 Å². The molecule has 1 aromatic rings. The van der Waals surface area contributed by atoms with Crippen molar-refractivity contribution >= 4 is 82.7 Å². The van der Waals surface area contributed by atoms with Crippen molar-refractivity contribution in [1.82, 2.24) is 37.2 Å². The van der Waals surface area contributed by atoms with Crippen molar-refractivity contribution in [3.05, 3.63) is 35.4 Å². The van der Waals surface area contributed by atoms with Crippen LogP contribution in [0, 0.1) is 5.92 Å². The quantitative estimate of drug-likeness (QED) is 0.0781. The lowest BCUT2D eigenvalue weighted by atomic mass is 9.91. The topological polar surface area (TPSA) is 443 Å². The van der Waals surface area contributed by atoms with Gasteiger partial charge in [0.15, 0.2) is 12.1 Å². The molecule has 2 unspecified atom stereocenters. The van der Waals surface area contributed by atoms with Gasteiger partial charge < -0.3 is 73.2 Å². The van der Waals surface area contributed by atoms with Gasteiger partial charge in [-0.05, 0) is 37.3 Å². The Hall–Kier alpha value is -5.46. The molecule has 26 nitrogen and oxygen atoms in total. The van der Waals surface area contributed by atoms with E-state index in [4.69, 9.17) is 5.73 Å². The number of benzene rings is 1. The van der Waals surface area contributed by atoms with Gasteiger partial charge in [0, 0.05) is 62.0 Å². The van der Waals surface area contributed by atoms with E-state index in [-0.39, 0.29) is 11.5 Å². The summed E-state index contributed by atoms with van der Waals surface area (Å²) in [5.74, 6) is -12.0. The smallest absolute Gasteiger partial charge is 0.303 e. The van der Waals surface area contributed by atoms with Crippen LogP contribution in [0.5, 0.6) is 0 Å². The van der Waals surface area contributed by atoms with Crippen LogP contribution < -0.4 is 43.0 Å². The number of ketones is 1. The van der Waals surface area contributed by atoms with Gasteiger partial charge in [0.1, 0.15) is 24.5 Å². The van der Waals surface area contributed by atoms with Crippen molar-refractivity contribution in [2.75, 3.05) is 18.1 Å². The Morgan fingerprint density at radius 2 is 1.29 bits per heavy atom. The first-order valence-electron chi connectivity index (χ1n) is 21.9. The molecule has 0 fully saturated rings. The number of primary amides is 1. The van der Waals surface area contributed by atoms with Crippen LogP contribution in [0.3, 0.4) is 0 Å². The third-order valence-corrected chi connectivity index (χ3v) is 12.8. The number of aliphatic hydroxyl groups excluding tert-OH is 4. The van der Waals surface area contributed by atoms with Crippen LogP contribution in [-0.4, -0.2) is 179 Å². The number of aliphatic hydroxyl groups is 5. The fourth-order valence-corrected chi connectivity index (χ4v) is 8.92. The summed E-state index contributed by atoms with van der Waals surface area (Å²) in [5, 5.41) is 98.1. The third-order valence-electron chi connectivity index (χ3n) is 10.5. The summed E-state index contributed by atoms with van der Waals surface area (Å²) in [6, 6.07) is -1.72. The van der Waals surface area contributed by atoms with E-state index in [0.717, 1.165) is 18.1 Å². The van der Waals surface area contributed by atoms with Gasteiger partial charge >= 0.3 is 17.9 Å². The molecule has 0 aromatic heterocycles. The summed E-state index contributed by atoms with van der Waals surface area (Å²) in [7, 11) is 0. The number of amides is 6. The average Bonchev–Trinajstić information content (AvgIpc) is 3.26. The molecule has 28 heteroatoms. The maximum absolute atomic E-state index is 13.8. The summed E-state index contributed by atoms with van der Waals surface area (Å²) >= 11 is 2.47. The van der Waals surface area contributed by atoms with Gasteiger partial charge in [-0.25, -0.2) is 0 Å². The Balaban J connectivity index is 2.61. The monoisotopic (exact) mass is 1030 g/mol. The number of fused-ring (bicyclic) bond motifs is 2. The van der Waals surface area contributed by atoms with Gasteiger partial charge in [0.25, 0.3) is 0 Å². The fourth-order valence-electron chi connectivity index (χ4n) is 6.85. The van der Waals surface area contributed by atoms with Gasteiger partial charge in [-0.3, -0.25) is 58.6 Å². The molecule has 6 amide bonds. The zero-order valence-electron chi connectivity index (χ0n) is 38.4. The lowest BCUT2D eigenvalue weighted by molar-refractivity contribution is -0.140. The first kappa shape index (κ1) is 60.7. The Bertz CT molecular complexity index is 1980. The molecule has 1 aromatic carbocycles. The predicted octanol–water partition coefficient (Wildman–Crippen LogP) is -4.47. The molecule has 17 N–H and O–H groups in total. The Morgan fingerprint density at radius 3 is 1.81 bits per heavy atom. The predicted molar refractivity (Wildman–Crippen MR) is 248 cm³/mol. The van der Waals surface area contributed by atoms with Crippen molar-refractivity contribution in [1.29, 1.82) is 0 Å². The van der Waals surface area contributed by atoms with E-state index < -0.39 is 184 Å². The number of aliphatic carboxylic acids is 3. The van der Waals surface area contributed by atoms with Crippen LogP contribution >= 0.6 is 23.5 Å². The first-order valence-corrected chi connectivity index (χ1v) is 24.3. The van der Waals surface area contributed by atoms with Crippen LogP contribution in [0.15, 0.2) is 24.3 Å². The van der Waals surface area contributed by atoms with E-state index in [1.54, 1.807) is 18.2 Å². The number of carbonyl (C=O) groups is 10. The third kappa shape index (κ3) is 23.4. The SMILES string of the molecule is CC(=O)N[C@H]1CSCc2cccc(c2)CSC[C@@H](C(N)=O)NC(=O)[C@H](CCC(=O)O)NC(=O)CNC(=O)[C@H]([C@@H](C)O)CC(=O)[C@H](CCC(=O)O)NC(=O)[C@H](CCC(=O)O)NC(O)[C@H](CC(O)O)NC1O. The Morgan fingerprint density at radius 1 is 0.743 bits per heavy atom. The molecule has 2 rings (SSSR count). The van der Waals surface area contributed by atoms with Crippen molar-refractivity contribution < 1.29 is 88.8 Å². The molecule has 1 aliphatic heterocycles. The molecule has 0 saturated carbocycles. The van der Waals surface area contributed by atoms with Crippen molar-refractivity contribution in [2.45, 2.75) is 138 Å². The van der Waals surface area contributed by atoms with Gasteiger partial charge in [-0.2, -0.15) is 23.5 Å². The molecule has 0 saturated heterocycles. The molecule has 0 radical (unpaired) electrons. The molecular weight excluding hydrogens is 969 g/mol. The molecule has 0 aliphatic carbocycles. The van der Waals surface area contributed by atoms with Crippen LogP contribution in [0.25, 0.3) is 0 Å². The van der Waals surface area contributed by atoms with Gasteiger partial charge in [-0.1, -0.05) is 24.3 Å². The standard InChI is InChI=1S/C42H64N8O18S2/c1-20(51)24-13-31(53)25(6-9-33(55)56)47-40(66)27(8-11-35(59)60)48-41(67)28(14-36(61)62)49-42(68)30(45-21(2)52)19-70-17-23-5-3-4-22(12-23)16-69-18-29(37(43)63)50-39(65)26(7-10-34(57)58)46-32(54)15-44-38(24)64/h3-5,12,20,24-30,36,41-42,48-49,51,61-62,67-68H,6-11,13-19H2,1-2H3,(H2,43,63)(H,44,64)(H,45,52)(H,46,54)(H,47,66)(H,50,65)(H,55,56)(H,57,58)(H,59,60)/t20-,24+,25+,26+,27+,28+,29+,30+,41?,42?/m1/s1. The normalized spacial score (nSPS) is 26.2. The fraction of sp³-hybridized carbons (Fsp3) is 0.619. The summed E-state index contributed by atoms with van der Waals surface area (Å²) < 4.78 is 0. The minimum absolute atomic E-state index is 0.0333. The first-order chi connectivity index (χ1) is 32.9. The summed E-state index contributed by atoms with van der Waals surface area (Å²) in [6.07, 6.45) is -12.7. The van der Waals surface area contributed by atoms with E-state index in [9.17, 15) is 88.8 Å². The molecule has 0 spiro atoms. The molecule has 2 bridgehead atoms. The largest absolute Gasteiger partial charge is 0.481 e. The van der Waals surface area contributed by atoms with Gasteiger partial charge in [-0.15, -0.1) is 0 Å². The molecule has 70 heavy (non-hydrogen) atoms. The zero-order chi connectivity index (χ0) is 52.7. The van der Waals surface area contributed by atoms with Crippen molar-refractivity contribution in [3.8, 4) is 0 Å². The minimum atomic E-state index is -2.13. The van der Waals surface area contributed by atoms with E-state index >= 15 is 0 Å². The summed E-state index contributed by atoms with van der Waals surface area (Å²) in [5.41, 5.74) is 7.15. The summed E-state index contributed by atoms with van der Waals surface area (Å²) in [6.45, 7) is 1.41. The van der Waals surface area contributed by atoms with Crippen LogP contribution in [0.2, 0.25) is 0 Å². The number of hydrogen-bond donors (Lipinski definition) is 16. The number of hydrogen-bond acceptors (Lipinski definition) is 19. The number of thioether (sulfide) groups is 2. The minimum Gasteiger partial charge on any atom is -0.481 e. The van der Waals surface area contributed by atoms with Crippen LogP contribution in [-0.2, 0) is 59.5 Å². The molecular formula is C42H64N8O18S2. The van der Waals surface area contributed by atoms with Gasteiger partial charge in [0.2, 0.25) is 35.4 Å². The van der Waals surface area contributed by atoms with Crippen LogP contribution in [0.4, 0.5) is 0 Å². The van der Waals surface area contributed by atoms with Crippen LogP contribution in [0.1, 0.15) is 76.3 Å². The average molecular weight is 1030 g/mol. The molecule has 392 valence electrons. The Kier molecular flexibility index (Phi) is 26.9. The number of nitrogens with two attached hydrogens (primary N) is 1. The second kappa shape index (κ2) is 31.0. The lowest BCUT2D eigenvalue weighted by Crippen LogP contribution is -2.61. The molecule has 1 aliphatic rings. The van der Waals surface area contributed by atoms with Crippen molar-refractivity contribution in [2.24, 2.45) is 11.7 Å². The highest BCUT2D eigenvalue weighted by Crippen LogP contribution is 2.20. The molecule has 10 atom stereocenters. The molecule has 1 heterocycles. The highest BCUT2D eigenvalue weighted by Gasteiger charge is 2.36. The second-order valence-electron chi connectivity index (χ2n) is 16.4. The summed E-state index contributed by atoms with van der Waals surface area (Å²) in [4.78, 5) is 127. The number of carboxylic acids is 3. The zero-order valence-corrected chi connectivity index (χ0v) is 40.0. The van der Waals surface area contributed by atoms with Crippen molar-refractivity contribution in [3.63, 3.8) is 0 Å². The highest BCUT2D eigenvalue weighted by atomic mass is 32.2. The van der Waals surface area contributed by atoms with E-state index in [1.807, 2.05) is 6.07 Å². The van der Waals surface area contributed by atoms with E-state index in [0.29, 0.717) is 11.5 Å². The lowest BCUT2D eigenvalue weighted by Gasteiger charge is -2.33. The highest BCUT2D eigenvalue weighted by molar-refractivity contribution is 7.98. The number of carboxylic acid groups (broad SMARTS) is 3. The number of Topliss-reactive ketones (excluding diaryl/α,β-unsaturated/α-hetero) is 1. The number of carbonyl (C=O) groups excluding carboxylic acids is 7. The maximum Gasteiger partial charge on any atom is 0.303 e. The van der Waals surface area contributed by atoms with Gasteiger partial charge in [0.05, 0.1) is 42.7 Å². The maximum atomic E-state index is 13.8. The van der Waals surface area contributed by atoms with E-state index in [2.05, 4.69) is 37.2 Å². The number of rotatable bonds is 14. The van der Waals surface area contributed by atoms with E-state index in [1.165, 1.54) is 30.4 Å². The second-order valence-corrected chi connectivity index (χ2v) is 18.5. The number of nitrogens with one attached hydrogen (secondary N) is 7.